The van der Waals surface area contributed by atoms with E-state index in [0.717, 1.165) is 22.6 Å². The van der Waals surface area contributed by atoms with Crippen molar-refractivity contribution in [3.8, 4) is 0 Å². The average molecular weight is 335 g/mol. The van der Waals surface area contributed by atoms with Crippen LogP contribution in [0.4, 0.5) is 0 Å². The lowest BCUT2D eigenvalue weighted by Gasteiger charge is -2.04. The molecule has 1 amide bonds. The van der Waals surface area contributed by atoms with E-state index in [2.05, 4.69) is 10.3 Å². The zero-order chi connectivity index (χ0) is 17.8. The van der Waals surface area contributed by atoms with Crippen molar-refractivity contribution in [1.29, 1.82) is 0 Å². The van der Waals surface area contributed by atoms with Crippen molar-refractivity contribution in [3.63, 3.8) is 0 Å². The first-order valence-corrected chi connectivity index (χ1v) is 8.33. The average Bonchev–Trinajstić information content (AvgIpc) is 3.03. The number of rotatable bonds is 6. The highest BCUT2D eigenvalue weighted by atomic mass is 16.2. The Morgan fingerprint density at radius 1 is 1.04 bits per heavy atom. The van der Waals surface area contributed by atoms with E-state index in [-0.39, 0.29) is 24.5 Å². The molecule has 0 saturated heterocycles. The molecule has 1 aromatic carbocycles. The van der Waals surface area contributed by atoms with Crippen LogP contribution < -0.4 is 5.32 Å². The summed E-state index contributed by atoms with van der Waals surface area (Å²) in [5.74, 6) is -0.159. The smallest absolute Gasteiger partial charge is 0.220 e. The lowest BCUT2D eigenvalue weighted by atomic mass is 10.1. The predicted octanol–water partition coefficient (Wildman–Crippen LogP) is 3.23. The number of carbonyl (C=O) groups excluding carboxylic acids is 2. The van der Waals surface area contributed by atoms with Crippen LogP contribution >= 0.6 is 0 Å². The number of nitrogens with one attached hydrogen (secondary N) is 1. The van der Waals surface area contributed by atoms with E-state index in [4.69, 9.17) is 0 Å². The number of pyridine rings is 1. The highest BCUT2D eigenvalue weighted by Crippen LogP contribution is 2.09. The quantitative estimate of drug-likeness (QED) is 0.704. The molecule has 0 spiro atoms. The van der Waals surface area contributed by atoms with Crippen molar-refractivity contribution in [1.82, 2.24) is 14.7 Å². The van der Waals surface area contributed by atoms with Crippen molar-refractivity contribution >= 4 is 17.3 Å². The summed E-state index contributed by atoms with van der Waals surface area (Å²) in [6.45, 7) is 4.34. The number of aromatic nitrogens is 2. The first-order valence-electron chi connectivity index (χ1n) is 8.33. The van der Waals surface area contributed by atoms with Crippen LogP contribution in [0.2, 0.25) is 0 Å². The largest absolute Gasteiger partial charge is 0.350 e. The van der Waals surface area contributed by atoms with E-state index in [1.165, 1.54) is 0 Å². The summed E-state index contributed by atoms with van der Waals surface area (Å²) in [5, 5.41) is 2.83. The van der Waals surface area contributed by atoms with Crippen LogP contribution in [0.5, 0.6) is 0 Å². The van der Waals surface area contributed by atoms with Gasteiger partial charge < -0.3 is 9.72 Å². The minimum atomic E-state index is -0.144. The second-order valence-electron chi connectivity index (χ2n) is 6.19. The molecule has 5 nitrogen and oxygen atoms in total. The Labute approximate surface area is 146 Å². The van der Waals surface area contributed by atoms with E-state index in [9.17, 15) is 9.59 Å². The summed E-state index contributed by atoms with van der Waals surface area (Å²) in [7, 11) is 0. The monoisotopic (exact) mass is 335 g/mol. The molecule has 128 valence electrons. The maximum absolute atomic E-state index is 12.1. The van der Waals surface area contributed by atoms with E-state index < -0.39 is 0 Å². The molecule has 0 atom stereocenters. The Kier molecular flexibility index (Phi) is 4.93. The number of amides is 1. The third-order valence-corrected chi connectivity index (χ3v) is 4.17. The number of carbonyl (C=O) groups is 2. The molecular weight excluding hydrogens is 314 g/mol. The van der Waals surface area contributed by atoms with Gasteiger partial charge in [0.05, 0.1) is 12.2 Å². The number of ketones is 1. The van der Waals surface area contributed by atoms with Crippen LogP contribution in [-0.2, 0) is 11.3 Å². The predicted molar refractivity (Wildman–Crippen MR) is 96.5 cm³/mol. The summed E-state index contributed by atoms with van der Waals surface area (Å²) >= 11 is 0. The second kappa shape index (κ2) is 7.30. The molecule has 0 radical (unpaired) electrons. The molecule has 0 aliphatic heterocycles. The number of hydrogen-bond acceptors (Lipinski definition) is 3. The minimum absolute atomic E-state index is 0.0153. The molecule has 3 aromatic rings. The standard InChI is InChI=1S/C20H21N3O2/c1-14-6-8-16(9-7-14)18(24)10-11-20(25)21-12-17-13-23-15(2)4-3-5-19(23)22-17/h3-9,13H,10-12H2,1-2H3,(H,21,25). The number of hydrogen-bond donors (Lipinski definition) is 1. The van der Waals surface area contributed by atoms with Gasteiger partial charge in [0.2, 0.25) is 5.91 Å². The number of nitrogens with zero attached hydrogens (tertiary/aromatic N) is 2. The van der Waals surface area contributed by atoms with Crippen molar-refractivity contribution < 1.29 is 9.59 Å². The highest BCUT2D eigenvalue weighted by Gasteiger charge is 2.10. The van der Waals surface area contributed by atoms with Crippen molar-refractivity contribution in [3.05, 3.63) is 71.2 Å². The summed E-state index contributed by atoms with van der Waals surface area (Å²) in [6.07, 6.45) is 2.31. The van der Waals surface area contributed by atoms with E-state index in [1.807, 2.05) is 54.8 Å². The van der Waals surface area contributed by atoms with Gasteiger partial charge in [-0.1, -0.05) is 35.9 Å². The molecule has 0 bridgehead atoms. The first-order chi connectivity index (χ1) is 12.0. The number of imidazole rings is 1. The Bertz CT molecular complexity index is 910. The summed E-state index contributed by atoms with van der Waals surface area (Å²) in [5.41, 5.74) is 4.50. The molecule has 2 aromatic heterocycles. The zero-order valence-electron chi connectivity index (χ0n) is 14.5. The molecule has 3 rings (SSSR count). The summed E-state index contributed by atoms with van der Waals surface area (Å²) in [4.78, 5) is 28.6. The molecule has 0 aliphatic rings. The lowest BCUT2D eigenvalue weighted by Crippen LogP contribution is -2.23. The number of aryl methyl sites for hydroxylation is 2. The normalized spacial score (nSPS) is 10.8. The lowest BCUT2D eigenvalue weighted by molar-refractivity contribution is -0.121. The van der Waals surface area contributed by atoms with Gasteiger partial charge in [-0.3, -0.25) is 9.59 Å². The van der Waals surface area contributed by atoms with Crippen LogP contribution in [0.25, 0.3) is 5.65 Å². The molecule has 0 fully saturated rings. The fourth-order valence-electron chi connectivity index (χ4n) is 2.67. The van der Waals surface area contributed by atoms with Crippen LogP contribution in [-0.4, -0.2) is 21.1 Å². The molecule has 0 saturated carbocycles. The third kappa shape index (κ3) is 4.12. The highest BCUT2D eigenvalue weighted by molar-refractivity contribution is 5.97. The van der Waals surface area contributed by atoms with Crippen LogP contribution in [0.15, 0.2) is 48.7 Å². The third-order valence-electron chi connectivity index (χ3n) is 4.17. The Morgan fingerprint density at radius 2 is 1.80 bits per heavy atom. The van der Waals surface area contributed by atoms with Gasteiger partial charge in [-0.2, -0.15) is 0 Å². The first kappa shape index (κ1) is 16.9. The van der Waals surface area contributed by atoms with Crippen LogP contribution in [0.1, 0.15) is 40.2 Å². The van der Waals surface area contributed by atoms with Gasteiger partial charge in [0.1, 0.15) is 5.65 Å². The van der Waals surface area contributed by atoms with Gasteiger partial charge in [-0.25, -0.2) is 4.98 Å². The summed E-state index contributed by atoms with van der Waals surface area (Å²) < 4.78 is 1.99. The maximum atomic E-state index is 12.1. The van der Waals surface area contributed by atoms with Gasteiger partial charge >= 0.3 is 0 Å². The van der Waals surface area contributed by atoms with E-state index >= 15 is 0 Å². The molecule has 25 heavy (non-hydrogen) atoms. The maximum Gasteiger partial charge on any atom is 0.220 e. The minimum Gasteiger partial charge on any atom is -0.350 e. The number of Topliss-reactive ketones (excluding diaryl/α,β-unsaturated/α-hetero) is 1. The van der Waals surface area contributed by atoms with Gasteiger partial charge in [-0.05, 0) is 26.0 Å². The SMILES string of the molecule is Cc1ccc(C(=O)CCC(=O)NCc2cn3c(C)cccc3n2)cc1. The zero-order valence-corrected chi connectivity index (χ0v) is 14.5. The van der Waals surface area contributed by atoms with Crippen molar-refractivity contribution in [2.24, 2.45) is 0 Å². The second-order valence-corrected chi connectivity index (χ2v) is 6.19. The molecule has 0 aliphatic carbocycles. The van der Waals surface area contributed by atoms with Crippen molar-refractivity contribution in [2.75, 3.05) is 0 Å². The topological polar surface area (TPSA) is 63.5 Å². The van der Waals surface area contributed by atoms with Crippen LogP contribution in [0.3, 0.4) is 0 Å². The van der Waals surface area contributed by atoms with Gasteiger partial charge in [0.15, 0.2) is 5.78 Å². The summed E-state index contributed by atoms with van der Waals surface area (Å²) in [6, 6.07) is 13.3. The fraction of sp³-hybridized carbons (Fsp3) is 0.250. The fourth-order valence-corrected chi connectivity index (χ4v) is 2.67. The molecule has 2 heterocycles. The Hall–Kier alpha value is -2.95. The van der Waals surface area contributed by atoms with Crippen molar-refractivity contribution in [2.45, 2.75) is 33.2 Å². The Balaban J connectivity index is 1.51. The number of benzene rings is 1. The molecule has 0 unspecified atom stereocenters. The van der Waals surface area contributed by atoms with Gasteiger partial charge in [0.25, 0.3) is 0 Å². The molecule has 1 N–H and O–H groups in total. The number of fused-ring (bicyclic) bond motifs is 1. The van der Waals surface area contributed by atoms with Gasteiger partial charge in [0, 0.05) is 30.3 Å². The van der Waals surface area contributed by atoms with Crippen LogP contribution in [0, 0.1) is 13.8 Å². The van der Waals surface area contributed by atoms with Gasteiger partial charge in [-0.15, -0.1) is 0 Å². The van der Waals surface area contributed by atoms with E-state index in [0.29, 0.717) is 12.1 Å². The molecule has 5 heteroatoms. The molecular formula is C20H21N3O2. The van der Waals surface area contributed by atoms with E-state index in [1.54, 1.807) is 12.1 Å². The Morgan fingerprint density at radius 3 is 2.52 bits per heavy atom.